The van der Waals surface area contributed by atoms with Crippen LogP contribution in [0.1, 0.15) is 33.1 Å². The molecule has 1 aliphatic rings. The minimum Gasteiger partial charge on any atom is -0.290 e. The molecule has 1 saturated carbocycles. The number of nitrogens with zero attached hydrogens (tertiary/aromatic N) is 1. The van der Waals surface area contributed by atoms with Gasteiger partial charge in [-0.05, 0) is 32.6 Å². The molecule has 0 spiro atoms. The van der Waals surface area contributed by atoms with Crippen molar-refractivity contribution in [3.05, 3.63) is 12.2 Å². The van der Waals surface area contributed by atoms with Crippen LogP contribution >= 0.6 is 0 Å². The van der Waals surface area contributed by atoms with Crippen molar-refractivity contribution < 1.29 is 0 Å². The number of rotatable bonds is 3. The summed E-state index contributed by atoms with van der Waals surface area (Å²) < 4.78 is 0. The van der Waals surface area contributed by atoms with Crippen LogP contribution in [-0.4, -0.2) is 12.3 Å². The van der Waals surface area contributed by atoms with E-state index in [9.17, 15) is 0 Å². The van der Waals surface area contributed by atoms with Gasteiger partial charge in [-0.2, -0.15) is 0 Å². The first-order valence-corrected chi connectivity index (χ1v) is 4.35. The van der Waals surface area contributed by atoms with Gasteiger partial charge < -0.3 is 0 Å². The lowest BCUT2D eigenvalue weighted by molar-refractivity contribution is 0.411. The Kier molecular flexibility index (Phi) is 2.86. The zero-order valence-electron chi connectivity index (χ0n) is 7.56. The SMILES string of the molecule is C=C(C)CN=C(C)C1CCC1. The molecule has 0 unspecified atom stereocenters. The summed E-state index contributed by atoms with van der Waals surface area (Å²) in [5.41, 5.74) is 2.49. The monoisotopic (exact) mass is 151 g/mol. The Morgan fingerprint density at radius 2 is 2.09 bits per heavy atom. The second kappa shape index (κ2) is 3.70. The van der Waals surface area contributed by atoms with Gasteiger partial charge in [-0.25, -0.2) is 0 Å². The minimum absolute atomic E-state index is 0.800. The van der Waals surface area contributed by atoms with Crippen LogP contribution < -0.4 is 0 Å². The van der Waals surface area contributed by atoms with E-state index >= 15 is 0 Å². The lowest BCUT2D eigenvalue weighted by atomic mass is 9.82. The zero-order chi connectivity index (χ0) is 8.27. The first-order chi connectivity index (χ1) is 5.20. The Hall–Kier alpha value is -0.590. The van der Waals surface area contributed by atoms with Gasteiger partial charge in [0, 0.05) is 5.71 Å². The lowest BCUT2D eigenvalue weighted by Gasteiger charge is -2.25. The predicted molar refractivity (Wildman–Crippen MR) is 50.1 cm³/mol. The Balaban J connectivity index is 2.32. The second-order valence-corrected chi connectivity index (χ2v) is 3.54. The normalized spacial score (nSPS) is 19.6. The van der Waals surface area contributed by atoms with E-state index in [1.54, 1.807) is 0 Å². The van der Waals surface area contributed by atoms with Gasteiger partial charge in [0.1, 0.15) is 0 Å². The van der Waals surface area contributed by atoms with Gasteiger partial charge in [0.05, 0.1) is 6.54 Å². The van der Waals surface area contributed by atoms with Crippen LogP contribution in [0.4, 0.5) is 0 Å². The van der Waals surface area contributed by atoms with Gasteiger partial charge in [0.15, 0.2) is 0 Å². The average molecular weight is 151 g/mol. The molecule has 62 valence electrons. The van der Waals surface area contributed by atoms with Crippen molar-refractivity contribution >= 4 is 5.71 Å². The van der Waals surface area contributed by atoms with Crippen LogP contribution in [0.15, 0.2) is 17.1 Å². The summed E-state index contributed by atoms with van der Waals surface area (Å²) in [5, 5.41) is 0. The van der Waals surface area contributed by atoms with Crippen LogP contribution in [0.2, 0.25) is 0 Å². The largest absolute Gasteiger partial charge is 0.290 e. The summed E-state index contributed by atoms with van der Waals surface area (Å²) >= 11 is 0. The maximum atomic E-state index is 4.46. The summed E-state index contributed by atoms with van der Waals surface area (Å²) in [4.78, 5) is 4.46. The van der Waals surface area contributed by atoms with Crippen LogP contribution in [0, 0.1) is 5.92 Å². The van der Waals surface area contributed by atoms with Crippen molar-refractivity contribution in [1.82, 2.24) is 0 Å². The molecular weight excluding hydrogens is 134 g/mol. The van der Waals surface area contributed by atoms with Crippen molar-refractivity contribution in [2.75, 3.05) is 6.54 Å². The second-order valence-electron chi connectivity index (χ2n) is 3.54. The summed E-state index contributed by atoms with van der Waals surface area (Å²) in [7, 11) is 0. The van der Waals surface area contributed by atoms with E-state index in [-0.39, 0.29) is 0 Å². The maximum absolute atomic E-state index is 4.46. The Morgan fingerprint density at radius 1 is 1.45 bits per heavy atom. The maximum Gasteiger partial charge on any atom is 0.0593 e. The fourth-order valence-electron chi connectivity index (χ4n) is 1.21. The summed E-state index contributed by atoms with van der Waals surface area (Å²) in [5.74, 6) is 0.800. The van der Waals surface area contributed by atoms with Crippen LogP contribution in [0.25, 0.3) is 0 Å². The molecule has 11 heavy (non-hydrogen) atoms. The molecule has 1 rings (SSSR count). The van der Waals surface area contributed by atoms with E-state index in [1.165, 1.54) is 25.0 Å². The van der Waals surface area contributed by atoms with Crippen molar-refractivity contribution in [2.24, 2.45) is 10.9 Å². The van der Waals surface area contributed by atoms with E-state index in [4.69, 9.17) is 0 Å². The molecule has 1 aliphatic carbocycles. The van der Waals surface area contributed by atoms with Gasteiger partial charge in [-0.15, -0.1) is 0 Å². The molecule has 0 amide bonds. The highest BCUT2D eigenvalue weighted by molar-refractivity contribution is 5.85. The van der Waals surface area contributed by atoms with Crippen LogP contribution in [-0.2, 0) is 0 Å². The lowest BCUT2D eigenvalue weighted by Crippen LogP contribution is -2.19. The highest BCUT2D eigenvalue weighted by Gasteiger charge is 2.19. The molecule has 0 saturated heterocycles. The molecule has 0 atom stereocenters. The molecule has 0 heterocycles. The zero-order valence-corrected chi connectivity index (χ0v) is 7.56. The number of hydrogen-bond donors (Lipinski definition) is 0. The third-order valence-electron chi connectivity index (χ3n) is 2.29. The Morgan fingerprint density at radius 3 is 2.45 bits per heavy atom. The van der Waals surface area contributed by atoms with E-state index < -0.39 is 0 Å². The van der Waals surface area contributed by atoms with Gasteiger partial charge in [0.25, 0.3) is 0 Å². The van der Waals surface area contributed by atoms with Crippen LogP contribution in [0.5, 0.6) is 0 Å². The van der Waals surface area contributed by atoms with Gasteiger partial charge in [-0.1, -0.05) is 18.6 Å². The molecule has 0 aromatic heterocycles. The molecule has 1 fully saturated rings. The standard InChI is InChI=1S/C10H17N/c1-8(2)7-11-9(3)10-5-4-6-10/h10H,1,4-7H2,2-3H3. The topological polar surface area (TPSA) is 12.4 Å². The summed E-state index contributed by atoms with van der Waals surface area (Å²) in [6, 6.07) is 0. The number of hydrogen-bond acceptors (Lipinski definition) is 1. The average Bonchev–Trinajstić information content (AvgIpc) is 1.79. The molecule has 0 aliphatic heterocycles. The highest BCUT2D eigenvalue weighted by Crippen LogP contribution is 2.27. The van der Waals surface area contributed by atoms with Gasteiger partial charge >= 0.3 is 0 Å². The van der Waals surface area contributed by atoms with E-state index in [0.29, 0.717) is 0 Å². The smallest absolute Gasteiger partial charge is 0.0593 e. The third-order valence-corrected chi connectivity index (χ3v) is 2.29. The van der Waals surface area contributed by atoms with E-state index in [2.05, 4.69) is 18.5 Å². The van der Waals surface area contributed by atoms with Gasteiger partial charge in [-0.3, -0.25) is 4.99 Å². The minimum atomic E-state index is 0.800. The van der Waals surface area contributed by atoms with Crippen molar-refractivity contribution in [2.45, 2.75) is 33.1 Å². The molecule has 0 aromatic rings. The first kappa shape index (κ1) is 8.51. The molecule has 0 N–H and O–H groups in total. The molecule has 0 radical (unpaired) electrons. The van der Waals surface area contributed by atoms with Crippen LogP contribution in [0.3, 0.4) is 0 Å². The molecule has 0 aromatic carbocycles. The molecule has 1 nitrogen and oxygen atoms in total. The Labute approximate surface area is 69.2 Å². The summed E-state index contributed by atoms with van der Waals surface area (Å²) in [6.07, 6.45) is 4.10. The predicted octanol–water partition coefficient (Wildman–Crippen LogP) is 2.82. The fraction of sp³-hybridized carbons (Fsp3) is 0.700. The van der Waals surface area contributed by atoms with Crippen molar-refractivity contribution in [3.63, 3.8) is 0 Å². The molecule has 1 heteroatoms. The highest BCUT2D eigenvalue weighted by atomic mass is 14.7. The van der Waals surface area contributed by atoms with Crippen molar-refractivity contribution in [1.29, 1.82) is 0 Å². The molecular formula is C10H17N. The van der Waals surface area contributed by atoms with E-state index in [1.807, 2.05) is 6.92 Å². The quantitative estimate of drug-likeness (QED) is 0.434. The Bertz CT molecular complexity index is 175. The van der Waals surface area contributed by atoms with E-state index in [0.717, 1.165) is 18.0 Å². The van der Waals surface area contributed by atoms with Gasteiger partial charge in [0.2, 0.25) is 0 Å². The first-order valence-electron chi connectivity index (χ1n) is 4.35. The fourth-order valence-corrected chi connectivity index (χ4v) is 1.21. The molecule has 0 bridgehead atoms. The van der Waals surface area contributed by atoms with Crippen molar-refractivity contribution in [3.8, 4) is 0 Å². The number of aliphatic imine (C=N–C) groups is 1. The third kappa shape index (κ3) is 2.49. The summed E-state index contributed by atoms with van der Waals surface area (Å²) in [6.45, 7) is 8.82.